The van der Waals surface area contributed by atoms with Crippen molar-refractivity contribution in [1.29, 1.82) is 0 Å². The van der Waals surface area contributed by atoms with Gasteiger partial charge in [-0.05, 0) is 25.7 Å². The lowest BCUT2D eigenvalue weighted by Gasteiger charge is -2.23. The Morgan fingerprint density at radius 2 is 0.912 bits per heavy atom. The van der Waals surface area contributed by atoms with Crippen molar-refractivity contribution >= 4 is 32.1 Å². The van der Waals surface area contributed by atoms with Gasteiger partial charge in [-0.3, -0.25) is 18.7 Å². The summed E-state index contributed by atoms with van der Waals surface area (Å²) >= 11 is 0. The SMILES string of the molecule is CCCCCCN(CCS(=O)(=O)O)C(=O)CCCCC(=O)N(CCCCCC)CCS(=O)(=O)O. The van der Waals surface area contributed by atoms with Gasteiger partial charge < -0.3 is 9.80 Å². The minimum Gasteiger partial charge on any atom is -0.342 e. The quantitative estimate of drug-likeness (QED) is 0.170. The smallest absolute Gasteiger partial charge is 0.266 e. The Labute approximate surface area is 206 Å². The lowest BCUT2D eigenvalue weighted by atomic mass is 10.1. The highest BCUT2D eigenvalue weighted by Crippen LogP contribution is 2.10. The van der Waals surface area contributed by atoms with E-state index < -0.39 is 31.7 Å². The first-order chi connectivity index (χ1) is 15.9. The van der Waals surface area contributed by atoms with Crippen molar-refractivity contribution in [2.75, 3.05) is 37.7 Å². The van der Waals surface area contributed by atoms with Crippen molar-refractivity contribution in [2.24, 2.45) is 0 Å². The third-order valence-electron chi connectivity index (χ3n) is 5.54. The average molecular weight is 529 g/mol. The molecule has 0 aromatic rings. The third kappa shape index (κ3) is 19.1. The van der Waals surface area contributed by atoms with Crippen molar-refractivity contribution in [3.05, 3.63) is 0 Å². The third-order valence-corrected chi connectivity index (χ3v) is 6.94. The molecule has 0 aromatic heterocycles. The standard InChI is InChI=1S/C22H44N2O8S2/c1-3-5-7-11-15-23(17-19-33(27,28)29)21(25)13-9-10-14-22(26)24(16-12-8-6-4-2)18-20-34(30,31)32/h3-20H2,1-2H3,(H,27,28,29)(H,30,31,32). The van der Waals surface area contributed by atoms with Crippen LogP contribution in [-0.4, -0.2) is 85.2 Å². The summed E-state index contributed by atoms with van der Waals surface area (Å²) in [7, 11) is -8.33. The highest BCUT2D eigenvalue weighted by Gasteiger charge is 2.18. The highest BCUT2D eigenvalue weighted by molar-refractivity contribution is 7.86. The van der Waals surface area contributed by atoms with Gasteiger partial charge in [0.15, 0.2) is 0 Å². The van der Waals surface area contributed by atoms with Crippen molar-refractivity contribution in [3.8, 4) is 0 Å². The van der Waals surface area contributed by atoms with Gasteiger partial charge in [-0.2, -0.15) is 16.8 Å². The van der Waals surface area contributed by atoms with E-state index in [1.807, 2.05) is 0 Å². The van der Waals surface area contributed by atoms with Crippen LogP contribution >= 0.6 is 0 Å². The van der Waals surface area contributed by atoms with Gasteiger partial charge in [-0.15, -0.1) is 0 Å². The zero-order chi connectivity index (χ0) is 26.0. The van der Waals surface area contributed by atoms with Crippen LogP contribution in [0.2, 0.25) is 0 Å². The molecule has 10 nitrogen and oxygen atoms in total. The van der Waals surface area contributed by atoms with Crippen LogP contribution in [0.15, 0.2) is 0 Å². The van der Waals surface area contributed by atoms with Crippen LogP contribution in [0, 0.1) is 0 Å². The van der Waals surface area contributed by atoms with Crippen LogP contribution in [0.5, 0.6) is 0 Å². The van der Waals surface area contributed by atoms with Crippen LogP contribution in [0.3, 0.4) is 0 Å². The van der Waals surface area contributed by atoms with E-state index in [-0.39, 0.29) is 37.7 Å². The van der Waals surface area contributed by atoms with Crippen LogP contribution in [-0.2, 0) is 29.8 Å². The summed E-state index contributed by atoms with van der Waals surface area (Å²) in [6, 6.07) is 0. The fourth-order valence-electron chi connectivity index (χ4n) is 3.50. The summed E-state index contributed by atoms with van der Waals surface area (Å²) in [4.78, 5) is 28.1. The van der Waals surface area contributed by atoms with Crippen LogP contribution < -0.4 is 0 Å². The van der Waals surface area contributed by atoms with Gasteiger partial charge in [0, 0.05) is 39.0 Å². The monoisotopic (exact) mass is 528 g/mol. The maximum absolute atomic E-state index is 12.6. The van der Waals surface area contributed by atoms with E-state index in [4.69, 9.17) is 9.11 Å². The molecule has 0 saturated heterocycles. The number of hydrogen-bond acceptors (Lipinski definition) is 6. The van der Waals surface area contributed by atoms with Gasteiger partial charge in [0.25, 0.3) is 20.2 Å². The maximum Gasteiger partial charge on any atom is 0.266 e. The summed E-state index contributed by atoms with van der Waals surface area (Å²) in [5.41, 5.74) is 0. The predicted octanol–water partition coefficient (Wildman–Crippen LogP) is 3.14. The minimum atomic E-state index is -4.17. The molecular weight excluding hydrogens is 484 g/mol. The summed E-state index contributed by atoms with van der Waals surface area (Å²) in [5.74, 6) is -1.44. The summed E-state index contributed by atoms with van der Waals surface area (Å²) < 4.78 is 62.3. The molecule has 0 saturated carbocycles. The molecule has 202 valence electrons. The van der Waals surface area contributed by atoms with E-state index in [1.165, 1.54) is 9.80 Å². The van der Waals surface area contributed by atoms with Crippen LogP contribution in [0.1, 0.15) is 90.9 Å². The normalized spacial score (nSPS) is 12.0. The number of unbranched alkanes of at least 4 members (excludes halogenated alkanes) is 7. The summed E-state index contributed by atoms with van der Waals surface area (Å²) in [6.45, 7) is 4.85. The van der Waals surface area contributed by atoms with E-state index in [9.17, 15) is 26.4 Å². The zero-order valence-electron chi connectivity index (χ0n) is 20.8. The minimum absolute atomic E-state index is 0.0656. The lowest BCUT2D eigenvalue weighted by Crippen LogP contribution is -2.36. The number of hydrogen-bond donors (Lipinski definition) is 2. The van der Waals surface area contributed by atoms with Gasteiger partial charge in [-0.25, -0.2) is 0 Å². The second-order valence-corrected chi connectivity index (χ2v) is 11.8. The molecule has 0 aliphatic heterocycles. The van der Waals surface area contributed by atoms with Crippen molar-refractivity contribution in [3.63, 3.8) is 0 Å². The van der Waals surface area contributed by atoms with Gasteiger partial charge in [0.05, 0.1) is 11.5 Å². The molecule has 0 unspecified atom stereocenters. The maximum atomic E-state index is 12.6. The first-order valence-corrected chi connectivity index (χ1v) is 15.6. The largest absolute Gasteiger partial charge is 0.342 e. The molecule has 0 rings (SSSR count). The predicted molar refractivity (Wildman–Crippen MR) is 133 cm³/mol. The second-order valence-electron chi connectivity index (χ2n) is 8.66. The summed E-state index contributed by atoms with van der Waals surface area (Å²) in [6.07, 6.45) is 8.67. The van der Waals surface area contributed by atoms with Crippen molar-refractivity contribution in [1.82, 2.24) is 9.80 Å². The molecule has 0 spiro atoms. The Kier molecular flexibility index (Phi) is 17.4. The molecule has 0 bridgehead atoms. The number of rotatable bonds is 21. The Hall–Kier alpha value is -1.24. The number of carbonyl (C=O) groups is 2. The Morgan fingerprint density at radius 1 is 0.559 bits per heavy atom. The van der Waals surface area contributed by atoms with E-state index >= 15 is 0 Å². The Balaban J connectivity index is 4.66. The molecule has 0 aromatic carbocycles. The molecule has 0 atom stereocenters. The second kappa shape index (κ2) is 18.1. The first kappa shape index (κ1) is 32.8. The Bertz CT molecular complexity index is 719. The first-order valence-electron chi connectivity index (χ1n) is 12.4. The molecular formula is C22H44N2O8S2. The van der Waals surface area contributed by atoms with E-state index in [1.54, 1.807) is 0 Å². The number of nitrogens with zero attached hydrogens (tertiary/aromatic N) is 2. The molecule has 0 fully saturated rings. The van der Waals surface area contributed by atoms with Crippen LogP contribution in [0.25, 0.3) is 0 Å². The molecule has 0 heterocycles. The van der Waals surface area contributed by atoms with E-state index in [0.717, 1.165) is 51.4 Å². The van der Waals surface area contributed by atoms with Crippen LogP contribution in [0.4, 0.5) is 0 Å². The molecule has 12 heteroatoms. The highest BCUT2D eigenvalue weighted by atomic mass is 32.2. The average Bonchev–Trinajstić information content (AvgIpc) is 2.74. The lowest BCUT2D eigenvalue weighted by molar-refractivity contribution is -0.133. The van der Waals surface area contributed by atoms with Gasteiger partial charge in [0.1, 0.15) is 0 Å². The van der Waals surface area contributed by atoms with E-state index in [2.05, 4.69) is 13.8 Å². The van der Waals surface area contributed by atoms with E-state index in [0.29, 0.717) is 25.9 Å². The van der Waals surface area contributed by atoms with Gasteiger partial charge in [-0.1, -0.05) is 52.4 Å². The van der Waals surface area contributed by atoms with Crippen molar-refractivity contribution in [2.45, 2.75) is 90.9 Å². The molecule has 34 heavy (non-hydrogen) atoms. The number of amides is 2. The zero-order valence-corrected chi connectivity index (χ0v) is 22.4. The fraction of sp³-hybridized carbons (Fsp3) is 0.909. The van der Waals surface area contributed by atoms with Crippen molar-refractivity contribution < 1.29 is 35.5 Å². The number of carbonyl (C=O) groups excluding carboxylic acids is 2. The van der Waals surface area contributed by atoms with Gasteiger partial charge >= 0.3 is 0 Å². The fourth-order valence-corrected chi connectivity index (χ4v) is 4.40. The molecule has 0 aliphatic rings. The van der Waals surface area contributed by atoms with Gasteiger partial charge in [0.2, 0.25) is 11.8 Å². The molecule has 2 amide bonds. The summed E-state index contributed by atoms with van der Waals surface area (Å²) in [5, 5.41) is 0. The Morgan fingerprint density at radius 3 is 1.21 bits per heavy atom. The molecule has 0 radical (unpaired) electrons. The molecule has 0 aliphatic carbocycles. The molecule has 2 N–H and O–H groups in total. The topological polar surface area (TPSA) is 149 Å².